The van der Waals surface area contributed by atoms with Crippen molar-refractivity contribution in [1.82, 2.24) is 15.2 Å². The predicted octanol–water partition coefficient (Wildman–Crippen LogP) is 3.65. The molecule has 1 N–H and O–H groups in total. The van der Waals surface area contributed by atoms with Gasteiger partial charge in [0.15, 0.2) is 11.3 Å². The van der Waals surface area contributed by atoms with Crippen molar-refractivity contribution in [3.05, 3.63) is 61.9 Å². The summed E-state index contributed by atoms with van der Waals surface area (Å²) in [5.74, 6) is -0.550. The van der Waals surface area contributed by atoms with Crippen LogP contribution in [0.25, 0.3) is 11.0 Å². The quantitative estimate of drug-likeness (QED) is 0.396. The third kappa shape index (κ3) is 3.14. The third-order valence-electron chi connectivity index (χ3n) is 3.02. The first-order valence-electron chi connectivity index (χ1n) is 6.40. The van der Waals surface area contributed by atoms with Crippen LogP contribution in [0.1, 0.15) is 16.1 Å². The van der Waals surface area contributed by atoms with E-state index in [0.717, 1.165) is 9.13 Å². The van der Waals surface area contributed by atoms with Crippen molar-refractivity contribution in [2.75, 3.05) is 0 Å². The number of nitrogens with zero attached hydrogens (tertiary/aromatic N) is 2. The highest BCUT2D eigenvalue weighted by Gasteiger charge is 2.14. The van der Waals surface area contributed by atoms with E-state index in [1.165, 1.54) is 0 Å². The second-order valence-electron chi connectivity index (χ2n) is 4.50. The van der Waals surface area contributed by atoms with Crippen molar-refractivity contribution in [3.63, 3.8) is 0 Å². The predicted molar refractivity (Wildman–Crippen MR) is 93.0 cm³/mol. The average molecular weight is 423 g/mol. The van der Waals surface area contributed by atoms with Crippen LogP contribution < -0.4 is 0 Å². The second kappa shape index (κ2) is 6.49. The number of halogens is 1. The number of carbonyl (C=O) groups is 1. The number of nitrogens with one attached hydrogen (secondary N) is 1. The number of aromatic amines is 1. The van der Waals surface area contributed by atoms with Gasteiger partial charge < -0.3 is 4.74 Å². The van der Waals surface area contributed by atoms with E-state index in [1.54, 1.807) is 18.3 Å². The Morgan fingerprint density at radius 3 is 2.82 bits per heavy atom. The number of hydrogen-bond donors (Lipinski definition) is 1. The molecule has 0 fully saturated rings. The Morgan fingerprint density at radius 2 is 2.05 bits per heavy atom. The number of fused-ring (bicyclic) bond motifs is 1. The zero-order valence-corrected chi connectivity index (χ0v) is 14.2. The topological polar surface area (TPSA) is 67.9 Å². The number of esters is 1. The van der Waals surface area contributed by atoms with Gasteiger partial charge in [0.25, 0.3) is 0 Å². The molecule has 0 saturated heterocycles. The van der Waals surface area contributed by atoms with Crippen molar-refractivity contribution in [3.8, 4) is 0 Å². The van der Waals surface area contributed by atoms with Crippen LogP contribution >= 0.6 is 34.8 Å². The lowest BCUT2D eigenvalue weighted by Crippen LogP contribution is -2.10. The SMILES string of the molecule is O=C(OCc1ccc(I)cc1)c1n[nH]c2ncccc2c1=S. The van der Waals surface area contributed by atoms with Gasteiger partial charge in [0, 0.05) is 15.2 Å². The van der Waals surface area contributed by atoms with E-state index < -0.39 is 5.97 Å². The maximum absolute atomic E-state index is 12.2. The maximum Gasteiger partial charge on any atom is 0.360 e. The minimum Gasteiger partial charge on any atom is -0.456 e. The summed E-state index contributed by atoms with van der Waals surface area (Å²) in [7, 11) is 0. The van der Waals surface area contributed by atoms with Crippen LogP contribution in [-0.2, 0) is 11.3 Å². The fourth-order valence-corrected chi connectivity index (χ4v) is 2.55. The van der Waals surface area contributed by atoms with Crippen molar-refractivity contribution in [1.29, 1.82) is 0 Å². The minimum atomic E-state index is -0.550. The smallest absolute Gasteiger partial charge is 0.360 e. The van der Waals surface area contributed by atoms with Crippen molar-refractivity contribution in [2.45, 2.75) is 6.61 Å². The second-order valence-corrected chi connectivity index (χ2v) is 6.16. The number of H-pyrrole nitrogens is 1. The first kappa shape index (κ1) is 15.0. The molecular formula is C15H10IN3O2S. The van der Waals surface area contributed by atoms with Gasteiger partial charge in [0.2, 0.25) is 0 Å². The first-order valence-corrected chi connectivity index (χ1v) is 7.89. The van der Waals surface area contributed by atoms with E-state index in [2.05, 4.69) is 37.8 Å². The molecule has 22 heavy (non-hydrogen) atoms. The number of aromatic nitrogens is 3. The van der Waals surface area contributed by atoms with Gasteiger partial charge in [0.1, 0.15) is 6.61 Å². The molecular weight excluding hydrogens is 413 g/mol. The minimum absolute atomic E-state index is 0.0982. The van der Waals surface area contributed by atoms with Crippen LogP contribution in [0.4, 0.5) is 0 Å². The molecule has 3 rings (SSSR count). The summed E-state index contributed by atoms with van der Waals surface area (Å²) in [4.78, 5) is 16.3. The number of benzene rings is 1. The summed E-state index contributed by atoms with van der Waals surface area (Å²) < 4.78 is 6.74. The van der Waals surface area contributed by atoms with E-state index in [9.17, 15) is 4.79 Å². The van der Waals surface area contributed by atoms with E-state index in [1.807, 2.05) is 24.3 Å². The van der Waals surface area contributed by atoms with Gasteiger partial charge in [-0.15, -0.1) is 0 Å². The van der Waals surface area contributed by atoms with Gasteiger partial charge in [-0.25, -0.2) is 9.78 Å². The van der Waals surface area contributed by atoms with E-state index in [0.29, 0.717) is 15.5 Å². The lowest BCUT2D eigenvalue weighted by atomic mass is 10.2. The Morgan fingerprint density at radius 1 is 1.27 bits per heavy atom. The van der Waals surface area contributed by atoms with Crippen LogP contribution in [-0.4, -0.2) is 21.2 Å². The van der Waals surface area contributed by atoms with Gasteiger partial charge in [-0.1, -0.05) is 24.4 Å². The van der Waals surface area contributed by atoms with Crippen LogP contribution in [0.2, 0.25) is 0 Å². The number of carbonyl (C=O) groups excluding carboxylic acids is 1. The molecule has 0 aliphatic carbocycles. The average Bonchev–Trinajstić information content (AvgIpc) is 2.55. The van der Waals surface area contributed by atoms with E-state index in [4.69, 9.17) is 17.0 Å². The van der Waals surface area contributed by atoms with Crippen molar-refractivity contribution in [2.24, 2.45) is 0 Å². The molecule has 0 bridgehead atoms. The molecule has 2 heterocycles. The van der Waals surface area contributed by atoms with Gasteiger partial charge in [0.05, 0.1) is 4.51 Å². The molecule has 5 nitrogen and oxygen atoms in total. The van der Waals surface area contributed by atoms with Crippen molar-refractivity contribution < 1.29 is 9.53 Å². The molecule has 0 unspecified atom stereocenters. The summed E-state index contributed by atoms with van der Waals surface area (Å²) in [6, 6.07) is 11.3. The highest BCUT2D eigenvalue weighted by Crippen LogP contribution is 2.14. The number of hydrogen-bond acceptors (Lipinski definition) is 5. The number of pyridine rings is 1. The zero-order chi connectivity index (χ0) is 15.5. The fraction of sp³-hybridized carbons (Fsp3) is 0.0667. The highest BCUT2D eigenvalue weighted by atomic mass is 127. The van der Waals surface area contributed by atoms with Gasteiger partial charge >= 0.3 is 5.97 Å². The Labute approximate surface area is 144 Å². The molecule has 0 spiro atoms. The third-order valence-corrected chi connectivity index (χ3v) is 4.15. The number of ether oxygens (including phenoxy) is 1. The summed E-state index contributed by atoms with van der Waals surface area (Å²) >= 11 is 7.51. The summed E-state index contributed by atoms with van der Waals surface area (Å²) in [5.41, 5.74) is 1.55. The fourth-order valence-electron chi connectivity index (χ4n) is 1.90. The summed E-state index contributed by atoms with van der Waals surface area (Å²) in [6.45, 7) is 0.178. The Balaban J connectivity index is 1.82. The maximum atomic E-state index is 12.2. The van der Waals surface area contributed by atoms with Crippen LogP contribution in [0.3, 0.4) is 0 Å². The molecule has 3 aromatic rings. The monoisotopic (exact) mass is 423 g/mol. The van der Waals surface area contributed by atoms with Gasteiger partial charge in [-0.2, -0.15) is 5.10 Å². The Kier molecular flexibility index (Phi) is 4.44. The lowest BCUT2D eigenvalue weighted by molar-refractivity contribution is 0.0464. The molecule has 0 atom stereocenters. The molecule has 0 amide bonds. The van der Waals surface area contributed by atoms with E-state index >= 15 is 0 Å². The molecule has 0 aliphatic rings. The Bertz CT molecular complexity index is 893. The lowest BCUT2D eigenvalue weighted by Gasteiger charge is -2.05. The largest absolute Gasteiger partial charge is 0.456 e. The van der Waals surface area contributed by atoms with Crippen LogP contribution in [0.5, 0.6) is 0 Å². The molecule has 7 heteroatoms. The Hall–Kier alpha value is -1.87. The molecule has 0 radical (unpaired) electrons. The van der Waals surface area contributed by atoms with Crippen molar-refractivity contribution >= 4 is 51.8 Å². The first-order chi connectivity index (χ1) is 10.6. The highest BCUT2D eigenvalue weighted by molar-refractivity contribution is 14.1. The molecule has 0 aliphatic heterocycles. The standard InChI is InChI=1S/C15H10IN3O2S/c16-10-5-3-9(4-6-10)8-21-15(20)12-13(22)11-2-1-7-17-14(11)19-18-12/h1-7H,8H2,(H,17,19,22). The van der Waals surface area contributed by atoms with Gasteiger partial charge in [-0.05, 0) is 52.4 Å². The van der Waals surface area contributed by atoms with Crippen LogP contribution in [0, 0.1) is 8.08 Å². The summed E-state index contributed by atoms with van der Waals surface area (Å²) in [5, 5.41) is 7.36. The zero-order valence-electron chi connectivity index (χ0n) is 11.2. The summed E-state index contributed by atoms with van der Waals surface area (Å²) in [6.07, 6.45) is 1.63. The molecule has 1 aromatic carbocycles. The normalized spacial score (nSPS) is 10.6. The number of rotatable bonds is 3. The van der Waals surface area contributed by atoms with E-state index in [-0.39, 0.29) is 12.3 Å². The molecule has 110 valence electrons. The van der Waals surface area contributed by atoms with Crippen LogP contribution in [0.15, 0.2) is 42.6 Å². The molecule has 2 aromatic heterocycles. The van der Waals surface area contributed by atoms with Gasteiger partial charge in [-0.3, -0.25) is 5.10 Å². The molecule has 0 saturated carbocycles.